The Morgan fingerprint density at radius 2 is 1.79 bits per heavy atom. The number of aromatic amines is 1. The first kappa shape index (κ1) is 18.7. The van der Waals surface area contributed by atoms with Gasteiger partial charge in [0.2, 0.25) is 11.8 Å². The fourth-order valence-corrected chi connectivity index (χ4v) is 3.57. The van der Waals surface area contributed by atoms with E-state index in [-0.39, 0.29) is 18.2 Å². The number of carbonyl (C=O) groups is 3. The van der Waals surface area contributed by atoms with Crippen molar-refractivity contribution >= 4 is 34.3 Å². The normalized spacial score (nSPS) is 14.1. The predicted octanol–water partition coefficient (Wildman–Crippen LogP) is 2.69. The second kappa shape index (κ2) is 8.18. The van der Waals surface area contributed by atoms with Gasteiger partial charge in [0.25, 0.3) is 5.91 Å². The van der Waals surface area contributed by atoms with Gasteiger partial charge in [-0.3, -0.25) is 25.2 Å². The fourth-order valence-electron chi connectivity index (χ4n) is 3.57. The number of para-hydroxylation sites is 1. The number of aromatic nitrogens is 1. The zero-order chi connectivity index (χ0) is 20.2. The van der Waals surface area contributed by atoms with Gasteiger partial charge in [0.1, 0.15) is 0 Å². The van der Waals surface area contributed by atoms with Gasteiger partial charge in [0.15, 0.2) is 0 Å². The highest BCUT2D eigenvalue weighted by Crippen LogP contribution is 2.21. The van der Waals surface area contributed by atoms with Crippen LogP contribution in [0.2, 0.25) is 0 Å². The number of anilines is 1. The van der Waals surface area contributed by atoms with E-state index in [2.05, 4.69) is 15.8 Å². The highest BCUT2D eigenvalue weighted by atomic mass is 16.2. The molecule has 0 aliphatic carbocycles. The summed E-state index contributed by atoms with van der Waals surface area (Å²) in [6, 6.07) is 14.5. The third-order valence-corrected chi connectivity index (χ3v) is 5.11. The summed E-state index contributed by atoms with van der Waals surface area (Å²) in [4.78, 5) is 41.4. The maximum absolute atomic E-state index is 12.3. The van der Waals surface area contributed by atoms with Crippen molar-refractivity contribution in [3.63, 3.8) is 0 Å². The molecule has 4 rings (SSSR count). The van der Waals surface area contributed by atoms with Crippen molar-refractivity contribution in [3.8, 4) is 0 Å². The minimum absolute atomic E-state index is 0.109. The van der Waals surface area contributed by atoms with E-state index < -0.39 is 5.91 Å². The maximum atomic E-state index is 12.3. The Kier molecular flexibility index (Phi) is 5.29. The first-order chi connectivity index (χ1) is 14.1. The summed E-state index contributed by atoms with van der Waals surface area (Å²) >= 11 is 0. The average molecular weight is 390 g/mol. The lowest BCUT2D eigenvalue weighted by Gasteiger charge is -2.26. The van der Waals surface area contributed by atoms with E-state index in [1.807, 2.05) is 24.3 Å². The highest BCUT2D eigenvalue weighted by molar-refractivity contribution is 5.98. The first-order valence-electron chi connectivity index (χ1n) is 9.66. The Balaban J connectivity index is 1.33. The molecule has 1 aliphatic heterocycles. The minimum Gasteiger partial charge on any atom is -0.361 e. The van der Waals surface area contributed by atoms with Crippen molar-refractivity contribution in [2.45, 2.75) is 25.7 Å². The minimum atomic E-state index is -0.409. The van der Waals surface area contributed by atoms with Crippen molar-refractivity contribution in [3.05, 3.63) is 65.9 Å². The van der Waals surface area contributed by atoms with E-state index in [0.717, 1.165) is 35.0 Å². The van der Waals surface area contributed by atoms with E-state index >= 15 is 0 Å². The average Bonchev–Trinajstić information content (AvgIpc) is 3.15. The summed E-state index contributed by atoms with van der Waals surface area (Å²) in [6.07, 6.45) is 4.42. The van der Waals surface area contributed by atoms with Gasteiger partial charge in [-0.25, -0.2) is 0 Å². The molecule has 0 atom stereocenters. The van der Waals surface area contributed by atoms with Crippen LogP contribution in [0.3, 0.4) is 0 Å². The van der Waals surface area contributed by atoms with E-state index in [1.54, 1.807) is 35.4 Å². The number of nitrogens with zero attached hydrogens (tertiary/aromatic N) is 1. The van der Waals surface area contributed by atoms with Crippen molar-refractivity contribution in [1.29, 1.82) is 0 Å². The molecular formula is C22H22N4O3. The van der Waals surface area contributed by atoms with Gasteiger partial charge in [-0.15, -0.1) is 0 Å². The Bertz CT molecular complexity index is 1060. The summed E-state index contributed by atoms with van der Waals surface area (Å²) < 4.78 is 0. The molecule has 0 spiro atoms. The SMILES string of the molecule is O=C(Cc1c[nH]c2ccccc12)NNC(=O)c1ccc(N2CCCCC2=O)cc1. The molecule has 3 N–H and O–H groups in total. The molecule has 0 unspecified atom stereocenters. The molecule has 1 fully saturated rings. The Hall–Kier alpha value is -3.61. The van der Waals surface area contributed by atoms with Gasteiger partial charge in [-0.2, -0.15) is 0 Å². The van der Waals surface area contributed by atoms with E-state index in [9.17, 15) is 14.4 Å². The van der Waals surface area contributed by atoms with Crippen LogP contribution in [0, 0.1) is 0 Å². The molecule has 3 amide bonds. The summed E-state index contributed by atoms with van der Waals surface area (Å²) in [6.45, 7) is 0.703. The molecule has 148 valence electrons. The van der Waals surface area contributed by atoms with Crippen molar-refractivity contribution in [2.75, 3.05) is 11.4 Å². The van der Waals surface area contributed by atoms with Crippen LogP contribution < -0.4 is 15.8 Å². The van der Waals surface area contributed by atoms with Crippen LogP contribution in [-0.4, -0.2) is 29.3 Å². The topological polar surface area (TPSA) is 94.3 Å². The Morgan fingerprint density at radius 1 is 1.00 bits per heavy atom. The van der Waals surface area contributed by atoms with Gasteiger partial charge in [-0.1, -0.05) is 18.2 Å². The second-order valence-electron chi connectivity index (χ2n) is 7.09. The van der Waals surface area contributed by atoms with E-state index in [4.69, 9.17) is 0 Å². The summed E-state index contributed by atoms with van der Waals surface area (Å²) in [5.41, 5.74) is 7.91. The lowest BCUT2D eigenvalue weighted by molar-refractivity contribution is -0.121. The zero-order valence-electron chi connectivity index (χ0n) is 15.9. The smallest absolute Gasteiger partial charge is 0.269 e. The molecule has 29 heavy (non-hydrogen) atoms. The number of rotatable bonds is 4. The lowest BCUT2D eigenvalue weighted by Crippen LogP contribution is -2.42. The number of carbonyl (C=O) groups excluding carboxylic acids is 3. The monoisotopic (exact) mass is 390 g/mol. The molecule has 1 aliphatic rings. The van der Waals surface area contributed by atoms with Gasteiger partial charge >= 0.3 is 0 Å². The van der Waals surface area contributed by atoms with Crippen LogP contribution in [0.15, 0.2) is 54.7 Å². The number of piperidine rings is 1. The first-order valence-corrected chi connectivity index (χ1v) is 9.66. The number of benzene rings is 2. The number of amides is 3. The largest absolute Gasteiger partial charge is 0.361 e. The Morgan fingerprint density at radius 3 is 2.59 bits per heavy atom. The van der Waals surface area contributed by atoms with Gasteiger partial charge in [0.05, 0.1) is 6.42 Å². The molecule has 0 saturated carbocycles. The summed E-state index contributed by atoms with van der Waals surface area (Å²) in [5, 5.41) is 0.983. The number of hydrazine groups is 1. The fraction of sp³-hybridized carbons (Fsp3) is 0.227. The highest BCUT2D eigenvalue weighted by Gasteiger charge is 2.19. The molecule has 7 nitrogen and oxygen atoms in total. The lowest BCUT2D eigenvalue weighted by atomic mass is 10.1. The van der Waals surface area contributed by atoms with Crippen LogP contribution in [0.25, 0.3) is 10.9 Å². The summed E-state index contributed by atoms with van der Waals surface area (Å²) in [7, 11) is 0. The quantitative estimate of drug-likeness (QED) is 0.598. The molecular weight excluding hydrogens is 368 g/mol. The molecule has 3 aromatic rings. The van der Waals surface area contributed by atoms with Crippen molar-refractivity contribution in [1.82, 2.24) is 15.8 Å². The predicted molar refractivity (Wildman–Crippen MR) is 110 cm³/mol. The van der Waals surface area contributed by atoms with Gasteiger partial charge in [0, 0.05) is 41.3 Å². The van der Waals surface area contributed by atoms with E-state index in [0.29, 0.717) is 18.5 Å². The van der Waals surface area contributed by atoms with Gasteiger partial charge in [-0.05, 0) is 48.7 Å². The zero-order valence-corrected chi connectivity index (χ0v) is 15.9. The van der Waals surface area contributed by atoms with Crippen LogP contribution in [0.5, 0.6) is 0 Å². The number of H-pyrrole nitrogens is 1. The molecule has 0 radical (unpaired) electrons. The third-order valence-electron chi connectivity index (χ3n) is 5.11. The van der Waals surface area contributed by atoms with Crippen LogP contribution >= 0.6 is 0 Å². The number of fused-ring (bicyclic) bond motifs is 1. The maximum Gasteiger partial charge on any atom is 0.269 e. The molecule has 1 saturated heterocycles. The molecule has 2 aromatic carbocycles. The van der Waals surface area contributed by atoms with Crippen LogP contribution in [0.4, 0.5) is 5.69 Å². The van der Waals surface area contributed by atoms with Crippen molar-refractivity contribution < 1.29 is 14.4 Å². The molecule has 2 heterocycles. The number of hydrogen-bond donors (Lipinski definition) is 3. The van der Waals surface area contributed by atoms with E-state index in [1.165, 1.54) is 0 Å². The van der Waals surface area contributed by atoms with Crippen LogP contribution in [-0.2, 0) is 16.0 Å². The number of hydrogen-bond acceptors (Lipinski definition) is 3. The molecule has 7 heteroatoms. The molecule has 1 aromatic heterocycles. The van der Waals surface area contributed by atoms with Crippen LogP contribution in [0.1, 0.15) is 35.2 Å². The Labute approximate surface area is 168 Å². The number of nitrogens with one attached hydrogen (secondary N) is 3. The van der Waals surface area contributed by atoms with Crippen molar-refractivity contribution in [2.24, 2.45) is 0 Å². The third kappa shape index (κ3) is 4.13. The second-order valence-corrected chi connectivity index (χ2v) is 7.09. The standard InChI is InChI=1S/C22H22N4O3/c27-20(13-16-14-23-19-6-2-1-5-18(16)19)24-25-22(29)15-8-10-17(11-9-15)26-12-4-3-7-21(26)28/h1-2,5-6,8-11,14,23H,3-4,7,12-13H2,(H,24,27)(H,25,29). The molecule has 0 bridgehead atoms. The van der Waals surface area contributed by atoms with Gasteiger partial charge < -0.3 is 9.88 Å². The summed E-state index contributed by atoms with van der Waals surface area (Å²) in [5.74, 6) is -0.606.